The first-order chi connectivity index (χ1) is 31.1. The normalized spacial score (nSPS) is 11.9. The van der Waals surface area contributed by atoms with Crippen molar-refractivity contribution in [3.05, 3.63) is 119 Å². The van der Waals surface area contributed by atoms with Crippen LogP contribution in [0.1, 0.15) is 74.9 Å². The second-order valence-corrected chi connectivity index (χ2v) is 19.0. The van der Waals surface area contributed by atoms with E-state index in [-0.39, 0.29) is 11.6 Å². The van der Waals surface area contributed by atoms with E-state index in [4.69, 9.17) is 38.9 Å². The highest BCUT2D eigenvalue weighted by Gasteiger charge is 2.32. The number of methoxy groups -OCH3 is 2. The van der Waals surface area contributed by atoms with E-state index in [9.17, 15) is 9.59 Å². The van der Waals surface area contributed by atoms with Gasteiger partial charge in [0, 0.05) is 45.8 Å². The Kier molecular flexibility index (Phi) is 11.6. The first kappa shape index (κ1) is 45.2. The number of pyridine rings is 2. The van der Waals surface area contributed by atoms with Crippen LogP contribution >= 0.6 is 0 Å². The van der Waals surface area contributed by atoms with E-state index in [1.165, 1.54) is 9.13 Å². The zero-order valence-corrected chi connectivity index (χ0v) is 40.2. The summed E-state index contributed by atoms with van der Waals surface area (Å²) in [5.74, 6) is 1.78. The molecule has 0 aliphatic heterocycles. The molecule has 0 saturated carbocycles. The number of carbonyl (C=O) groups is 2. The van der Waals surface area contributed by atoms with Crippen molar-refractivity contribution in [3.63, 3.8) is 0 Å². The molecular formula is C54H56N6O6. The quantitative estimate of drug-likeness (QED) is 0.152. The third-order valence-electron chi connectivity index (χ3n) is 11.3. The van der Waals surface area contributed by atoms with Crippen LogP contribution in [-0.4, -0.2) is 66.7 Å². The van der Waals surface area contributed by atoms with Crippen molar-refractivity contribution in [3.8, 4) is 67.9 Å². The minimum absolute atomic E-state index is 0.102. The van der Waals surface area contributed by atoms with Crippen LogP contribution in [0.25, 0.3) is 78.5 Å². The maximum atomic E-state index is 14.6. The highest BCUT2D eigenvalue weighted by Crippen LogP contribution is 2.39. The van der Waals surface area contributed by atoms with Crippen LogP contribution in [0.2, 0.25) is 0 Å². The Morgan fingerprint density at radius 3 is 1.14 bits per heavy atom. The first-order valence-corrected chi connectivity index (χ1v) is 21.9. The Balaban J connectivity index is 1.35. The van der Waals surface area contributed by atoms with Crippen LogP contribution in [0.3, 0.4) is 0 Å². The van der Waals surface area contributed by atoms with Gasteiger partial charge in [-0.25, -0.2) is 28.7 Å². The van der Waals surface area contributed by atoms with E-state index in [1.54, 1.807) is 55.8 Å². The Labute approximate surface area is 385 Å². The van der Waals surface area contributed by atoms with Gasteiger partial charge in [-0.3, -0.25) is 9.97 Å². The van der Waals surface area contributed by atoms with Gasteiger partial charge in [0.2, 0.25) is 0 Å². The number of rotatable bonds is 7. The van der Waals surface area contributed by atoms with E-state index < -0.39 is 23.4 Å². The van der Waals surface area contributed by atoms with Crippen LogP contribution in [0.5, 0.6) is 11.5 Å². The van der Waals surface area contributed by atoms with Gasteiger partial charge in [0.05, 0.1) is 47.7 Å². The predicted molar refractivity (Wildman–Crippen MR) is 261 cm³/mol. The molecule has 0 aliphatic carbocycles. The molecule has 0 N–H and O–H groups in total. The molecular weight excluding hydrogens is 829 g/mol. The number of ether oxygens (including phenoxy) is 4. The van der Waals surface area contributed by atoms with E-state index in [2.05, 4.69) is 0 Å². The van der Waals surface area contributed by atoms with Crippen molar-refractivity contribution in [1.29, 1.82) is 0 Å². The fourth-order valence-corrected chi connectivity index (χ4v) is 8.65. The zero-order valence-electron chi connectivity index (χ0n) is 40.2. The van der Waals surface area contributed by atoms with Crippen LogP contribution < -0.4 is 9.47 Å². The Hall–Kier alpha value is -7.34. The van der Waals surface area contributed by atoms with Gasteiger partial charge in [-0.2, -0.15) is 0 Å². The maximum absolute atomic E-state index is 14.6. The number of carbonyl (C=O) groups excluding carboxylic acids is 2. The minimum Gasteiger partial charge on any atom is -0.497 e. The molecule has 0 amide bonds. The second kappa shape index (κ2) is 16.9. The smallest absolute Gasteiger partial charge is 0.420 e. The van der Waals surface area contributed by atoms with Crippen LogP contribution in [0, 0.1) is 41.5 Å². The average molecular weight is 885 g/mol. The van der Waals surface area contributed by atoms with Crippen LogP contribution in [0.15, 0.2) is 85.2 Å². The summed E-state index contributed by atoms with van der Waals surface area (Å²) < 4.78 is 26.0. The summed E-state index contributed by atoms with van der Waals surface area (Å²) in [7, 11) is 3.32. The third kappa shape index (κ3) is 8.62. The number of imidazole rings is 2. The number of nitrogens with zero attached hydrogens (tertiary/aromatic N) is 6. The SMILES string of the molecule is COc1cc(C)c(-c2ccc(-c3cc(C)cc4c3nc(-c3nc5c(-c6ccc(-c7c(C)cc(OC)cc7C)nc6)cc(C)cc5n3C(=O)OC(C)(C)C)n4C(=O)OC(C)(C)C)cn2)c(C)c1. The molecule has 0 fully saturated rings. The van der Waals surface area contributed by atoms with Crippen LogP contribution in [-0.2, 0) is 9.47 Å². The van der Waals surface area contributed by atoms with Gasteiger partial charge in [-0.05, 0) is 177 Å². The molecule has 0 spiro atoms. The molecule has 12 nitrogen and oxygen atoms in total. The van der Waals surface area contributed by atoms with Crippen molar-refractivity contribution in [2.75, 3.05) is 14.2 Å². The van der Waals surface area contributed by atoms with Gasteiger partial charge in [-0.15, -0.1) is 0 Å². The molecule has 4 aromatic carbocycles. The van der Waals surface area contributed by atoms with E-state index >= 15 is 0 Å². The molecule has 8 aromatic rings. The number of aromatic nitrogens is 6. The second-order valence-electron chi connectivity index (χ2n) is 19.0. The van der Waals surface area contributed by atoms with Crippen molar-refractivity contribution in [2.24, 2.45) is 0 Å². The summed E-state index contributed by atoms with van der Waals surface area (Å²) in [6.45, 7) is 22.9. The lowest BCUT2D eigenvalue weighted by Gasteiger charge is -2.21. The van der Waals surface area contributed by atoms with Crippen molar-refractivity contribution >= 4 is 34.3 Å². The number of hydrogen-bond donors (Lipinski definition) is 0. The average Bonchev–Trinajstić information content (AvgIpc) is 3.81. The standard InChI is InChI=1S/C54H56N6O6/c1-29-19-39(35-15-17-41(55-27-35)45-31(3)23-37(63-13)24-32(45)4)47-43(21-29)59(51(61)65-53(7,8)9)49(57-47)50-58-48-40(20-30(2)22-44(48)60(50)52(62)66-54(10,11)12)36-16-18-42(56-28-36)46-33(5)25-38(64-14)26-34(46)6/h15-28H,1-14H3. The predicted octanol–water partition coefficient (Wildman–Crippen LogP) is 12.9. The molecule has 4 heterocycles. The van der Waals surface area contributed by atoms with Crippen molar-refractivity contribution in [1.82, 2.24) is 29.1 Å². The molecule has 66 heavy (non-hydrogen) atoms. The summed E-state index contributed by atoms with van der Waals surface area (Å²) in [6, 6.07) is 23.8. The summed E-state index contributed by atoms with van der Waals surface area (Å²) >= 11 is 0. The van der Waals surface area contributed by atoms with E-state index in [1.807, 2.05) is 127 Å². The number of aryl methyl sites for hydroxylation is 6. The Morgan fingerprint density at radius 1 is 0.500 bits per heavy atom. The van der Waals surface area contributed by atoms with Crippen molar-refractivity contribution < 1.29 is 28.5 Å². The minimum atomic E-state index is -0.868. The molecule has 0 atom stereocenters. The van der Waals surface area contributed by atoms with E-state index in [0.29, 0.717) is 22.1 Å². The van der Waals surface area contributed by atoms with Gasteiger partial charge in [0.15, 0.2) is 11.6 Å². The van der Waals surface area contributed by atoms with Crippen molar-refractivity contribution in [2.45, 2.75) is 94.3 Å². The van der Waals surface area contributed by atoms with Gasteiger partial charge < -0.3 is 18.9 Å². The molecule has 0 bridgehead atoms. The molecule has 12 heteroatoms. The summed E-state index contributed by atoms with van der Waals surface area (Å²) in [6.07, 6.45) is 2.28. The Morgan fingerprint density at radius 2 is 0.848 bits per heavy atom. The number of hydrogen-bond acceptors (Lipinski definition) is 10. The number of fused-ring (bicyclic) bond motifs is 2. The fraction of sp³-hybridized carbons (Fsp3) is 0.296. The topological polar surface area (TPSA) is 132 Å². The monoisotopic (exact) mass is 884 g/mol. The van der Waals surface area contributed by atoms with Gasteiger partial charge >= 0.3 is 12.2 Å². The highest BCUT2D eigenvalue weighted by atomic mass is 16.6. The Bertz CT molecular complexity index is 2960. The first-order valence-electron chi connectivity index (χ1n) is 21.9. The van der Waals surface area contributed by atoms with Gasteiger partial charge in [-0.1, -0.05) is 12.1 Å². The lowest BCUT2D eigenvalue weighted by atomic mass is 9.97. The largest absolute Gasteiger partial charge is 0.497 e. The lowest BCUT2D eigenvalue weighted by Crippen LogP contribution is -2.29. The molecule has 0 aliphatic rings. The van der Waals surface area contributed by atoms with Crippen LogP contribution in [0.4, 0.5) is 9.59 Å². The fourth-order valence-electron chi connectivity index (χ4n) is 8.65. The molecule has 0 unspecified atom stereocenters. The van der Waals surface area contributed by atoms with Gasteiger partial charge in [0.1, 0.15) is 22.7 Å². The lowest BCUT2D eigenvalue weighted by molar-refractivity contribution is 0.0526. The van der Waals surface area contributed by atoms with E-state index in [0.717, 1.165) is 89.6 Å². The summed E-state index contributed by atoms with van der Waals surface area (Å²) in [4.78, 5) is 49.5. The zero-order chi connectivity index (χ0) is 47.6. The number of benzene rings is 4. The summed E-state index contributed by atoms with van der Waals surface area (Å²) in [5.41, 5.74) is 12.8. The maximum Gasteiger partial charge on any atom is 0.420 e. The molecule has 338 valence electrons. The molecule has 0 radical (unpaired) electrons. The highest BCUT2D eigenvalue weighted by molar-refractivity contribution is 6.03. The van der Waals surface area contributed by atoms with Gasteiger partial charge in [0.25, 0.3) is 0 Å². The molecule has 4 aromatic heterocycles. The molecule has 8 rings (SSSR count). The summed E-state index contributed by atoms with van der Waals surface area (Å²) in [5, 5.41) is 0. The molecule has 0 saturated heterocycles. The third-order valence-corrected chi connectivity index (χ3v) is 11.3.